The Morgan fingerprint density at radius 3 is 2.40 bits per heavy atom. The number of thioether (sulfide) groups is 1. The van der Waals surface area contributed by atoms with Gasteiger partial charge >= 0.3 is 5.97 Å². The van der Waals surface area contributed by atoms with Crippen molar-refractivity contribution < 1.29 is 23.9 Å². The summed E-state index contributed by atoms with van der Waals surface area (Å²) in [6, 6.07) is 15.1. The van der Waals surface area contributed by atoms with Crippen LogP contribution in [0.5, 0.6) is 5.75 Å². The van der Waals surface area contributed by atoms with Crippen LogP contribution in [0.4, 0.5) is 4.79 Å². The minimum Gasteiger partial charge on any atom is -0.489 e. The lowest BCUT2D eigenvalue weighted by Gasteiger charge is -2.13. The molecule has 0 aromatic heterocycles. The van der Waals surface area contributed by atoms with Crippen LogP contribution < -0.4 is 4.74 Å². The number of benzene rings is 2. The maximum atomic E-state index is 12.5. The Balaban J connectivity index is 1.61. The van der Waals surface area contributed by atoms with Crippen molar-refractivity contribution in [1.82, 2.24) is 4.90 Å². The fraction of sp³-hybridized carbons (Fsp3) is 0.227. The second-order valence-corrected chi connectivity index (χ2v) is 8.70. The Hall–Kier alpha value is -2.58. The molecule has 6 nitrogen and oxygen atoms in total. The Kier molecular flexibility index (Phi) is 7.33. The van der Waals surface area contributed by atoms with E-state index in [0.717, 1.165) is 32.3 Å². The lowest BCUT2D eigenvalue weighted by molar-refractivity contribution is -0.149. The van der Waals surface area contributed by atoms with Crippen LogP contribution in [0.25, 0.3) is 6.08 Å². The van der Waals surface area contributed by atoms with Crippen LogP contribution in [0.1, 0.15) is 25.0 Å². The molecule has 2 amide bonds. The number of ether oxygens (including phenoxy) is 2. The SMILES string of the molecule is CC(C)OC(=O)CN1C(=O)S/C(=C\c2ccc(OCc3ccc(Br)cc3)cc2)C1=O. The summed E-state index contributed by atoms with van der Waals surface area (Å²) in [6.07, 6.45) is 1.31. The number of amides is 2. The fourth-order valence-electron chi connectivity index (χ4n) is 2.62. The van der Waals surface area contributed by atoms with Crippen LogP contribution in [0.15, 0.2) is 57.9 Å². The quantitative estimate of drug-likeness (QED) is 0.401. The van der Waals surface area contributed by atoms with Crippen molar-refractivity contribution in [2.45, 2.75) is 26.6 Å². The van der Waals surface area contributed by atoms with E-state index in [4.69, 9.17) is 9.47 Å². The standard InChI is InChI=1S/C22H20BrNO5S/c1-14(2)29-20(25)12-24-21(26)19(30-22(24)27)11-15-5-9-18(10-6-15)28-13-16-3-7-17(23)8-4-16/h3-11,14H,12-13H2,1-2H3/b19-11-. The minimum atomic E-state index is -0.610. The van der Waals surface area contributed by atoms with Crippen molar-refractivity contribution in [2.75, 3.05) is 6.54 Å². The number of hydrogen-bond acceptors (Lipinski definition) is 6. The molecule has 0 bridgehead atoms. The zero-order valence-electron chi connectivity index (χ0n) is 16.5. The molecule has 1 aliphatic rings. The third kappa shape index (κ3) is 5.96. The molecular weight excluding hydrogens is 470 g/mol. The van der Waals surface area contributed by atoms with E-state index in [1.54, 1.807) is 44.2 Å². The first-order valence-corrected chi connectivity index (χ1v) is 10.8. The van der Waals surface area contributed by atoms with E-state index in [9.17, 15) is 14.4 Å². The number of carbonyl (C=O) groups is 3. The third-order valence-corrected chi connectivity index (χ3v) is 5.46. The number of halogens is 1. The van der Waals surface area contributed by atoms with Crippen molar-refractivity contribution in [3.63, 3.8) is 0 Å². The predicted molar refractivity (Wildman–Crippen MR) is 119 cm³/mol. The second kappa shape index (κ2) is 9.95. The lowest BCUT2D eigenvalue weighted by Crippen LogP contribution is -2.35. The van der Waals surface area contributed by atoms with Gasteiger partial charge in [-0.3, -0.25) is 19.3 Å². The minimum absolute atomic E-state index is 0.265. The van der Waals surface area contributed by atoms with Gasteiger partial charge in [-0.1, -0.05) is 40.2 Å². The Morgan fingerprint density at radius 1 is 1.10 bits per heavy atom. The van der Waals surface area contributed by atoms with Crippen molar-refractivity contribution in [1.29, 1.82) is 0 Å². The molecule has 1 aliphatic heterocycles. The third-order valence-electron chi connectivity index (χ3n) is 4.02. The number of rotatable bonds is 7. The highest BCUT2D eigenvalue weighted by Crippen LogP contribution is 2.32. The van der Waals surface area contributed by atoms with E-state index in [1.165, 1.54) is 0 Å². The maximum Gasteiger partial charge on any atom is 0.326 e. The van der Waals surface area contributed by atoms with Crippen molar-refractivity contribution >= 4 is 50.9 Å². The number of carbonyl (C=O) groups excluding carboxylic acids is 3. The van der Waals surface area contributed by atoms with E-state index in [2.05, 4.69) is 15.9 Å². The van der Waals surface area contributed by atoms with Gasteiger partial charge in [0.2, 0.25) is 0 Å². The molecule has 0 spiro atoms. The van der Waals surface area contributed by atoms with Crippen molar-refractivity contribution in [3.05, 3.63) is 69.0 Å². The number of esters is 1. The average Bonchev–Trinajstić information content (AvgIpc) is 2.95. The molecule has 156 valence electrons. The Labute approximate surface area is 187 Å². The highest BCUT2D eigenvalue weighted by Gasteiger charge is 2.36. The summed E-state index contributed by atoms with van der Waals surface area (Å²) in [5.74, 6) is -0.415. The van der Waals surface area contributed by atoms with Gasteiger partial charge in [0, 0.05) is 4.47 Å². The summed E-state index contributed by atoms with van der Waals surface area (Å²) in [6.45, 7) is 3.47. The van der Waals surface area contributed by atoms with Crippen LogP contribution in [-0.2, 0) is 20.9 Å². The smallest absolute Gasteiger partial charge is 0.326 e. The Morgan fingerprint density at radius 2 is 1.77 bits per heavy atom. The summed E-state index contributed by atoms with van der Waals surface area (Å²) in [5.41, 5.74) is 1.80. The first-order valence-electron chi connectivity index (χ1n) is 9.24. The molecule has 0 saturated carbocycles. The lowest BCUT2D eigenvalue weighted by atomic mass is 10.2. The van der Waals surface area contributed by atoms with E-state index in [1.807, 2.05) is 24.3 Å². The van der Waals surface area contributed by atoms with Crippen LogP contribution in [0.2, 0.25) is 0 Å². The van der Waals surface area contributed by atoms with Gasteiger partial charge in [0.05, 0.1) is 11.0 Å². The zero-order chi connectivity index (χ0) is 21.7. The summed E-state index contributed by atoms with van der Waals surface area (Å²) in [7, 11) is 0. The van der Waals surface area contributed by atoms with E-state index in [0.29, 0.717) is 12.4 Å². The second-order valence-electron chi connectivity index (χ2n) is 6.79. The molecule has 1 fully saturated rings. The molecule has 0 aliphatic carbocycles. The number of imide groups is 1. The van der Waals surface area contributed by atoms with E-state index < -0.39 is 17.1 Å². The summed E-state index contributed by atoms with van der Waals surface area (Å²) >= 11 is 4.20. The first-order chi connectivity index (χ1) is 14.3. The van der Waals surface area contributed by atoms with Gasteiger partial charge in [0.25, 0.3) is 11.1 Å². The highest BCUT2D eigenvalue weighted by atomic mass is 79.9. The zero-order valence-corrected chi connectivity index (χ0v) is 18.9. The summed E-state index contributed by atoms with van der Waals surface area (Å²) in [5, 5.41) is -0.485. The van der Waals surface area contributed by atoms with Crippen LogP contribution >= 0.6 is 27.7 Å². The summed E-state index contributed by atoms with van der Waals surface area (Å²) in [4.78, 5) is 37.5. The first kappa shape index (κ1) is 22.1. The van der Waals surface area contributed by atoms with Gasteiger partial charge in [-0.2, -0.15) is 0 Å². The van der Waals surface area contributed by atoms with Gasteiger partial charge in [0.1, 0.15) is 18.9 Å². The molecular formula is C22H20BrNO5S. The van der Waals surface area contributed by atoms with E-state index in [-0.39, 0.29) is 17.6 Å². The van der Waals surface area contributed by atoms with Gasteiger partial charge < -0.3 is 9.47 Å². The summed E-state index contributed by atoms with van der Waals surface area (Å²) < 4.78 is 11.8. The normalized spacial score (nSPS) is 15.2. The highest BCUT2D eigenvalue weighted by molar-refractivity contribution is 9.10. The largest absolute Gasteiger partial charge is 0.489 e. The molecule has 2 aromatic carbocycles. The van der Waals surface area contributed by atoms with Gasteiger partial charge in [-0.25, -0.2) is 0 Å². The fourth-order valence-corrected chi connectivity index (χ4v) is 3.73. The molecule has 1 heterocycles. The number of hydrogen-bond donors (Lipinski definition) is 0. The number of nitrogens with zero attached hydrogens (tertiary/aromatic N) is 1. The van der Waals surface area contributed by atoms with Gasteiger partial charge in [0.15, 0.2) is 0 Å². The van der Waals surface area contributed by atoms with Gasteiger partial charge in [-0.15, -0.1) is 0 Å². The van der Waals surface area contributed by atoms with Crippen molar-refractivity contribution in [3.8, 4) is 5.75 Å². The molecule has 8 heteroatoms. The molecule has 2 aromatic rings. The molecule has 0 N–H and O–H groups in total. The molecule has 3 rings (SSSR count). The van der Waals surface area contributed by atoms with Crippen molar-refractivity contribution in [2.24, 2.45) is 0 Å². The van der Waals surface area contributed by atoms with Gasteiger partial charge in [-0.05, 0) is 67.1 Å². The monoisotopic (exact) mass is 489 g/mol. The van der Waals surface area contributed by atoms with E-state index >= 15 is 0 Å². The Bertz CT molecular complexity index is 970. The van der Waals surface area contributed by atoms with Crippen LogP contribution in [0.3, 0.4) is 0 Å². The van der Waals surface area contributed by atoms with Crippen LogP contribution in [0, 0.1) is 0 Å². The molecule has 0 unspecified atom stereocenters. The molecule has 30 heavy (non-hydrogen) atoms. The molecule has 0 atom stereocenters. The molecule has 0 radical (unpaired) electrons. The van der Waals surface area contributed by atoms with Crippen LogP contribution in [-0.4, -0.2) is 34.7 Å². The topological polar surface area (TPSA) is 72.9 Å². The molecule has 1 saturated heterocycles. The maximum absolute atomic E-state index is 12.5. The average molecular weight is 490 g/mol. The predicted octanol–water partition coefficient (Wildman–Crippen LogP) is 5.02.